The van der Waals surface area contributed by atoms with Crippen LogP contribution in [-0.4, -0.2) is 49.2 Å². The number of rotatable bonds is 6. The number of β-amino-alcohol motifs (C(OH)–C–C–N with tert-alkyl or cyclic N) is 1. The molecule has 0 aliphatic carbocycles. The number of benzene rings is 3. The Bertz CT molecular complexity index is 1200. The Kier molecular flexibility index (Phi) is 9.23. The number of carbonyl (C=O) groups excluding carboxylic acids is 2. The number of aliphatic hydroxyl groups excluding tert-OH is 1. The fraction of sp³-hybridized carbons (Fsp3) is 0.241. The smallest absolute Gasteiger partial charge is 0.318 e. The molecule has 2 atom stereocenters. The molecule has 1 fully saturated rings. The van der Waals surface area contributed by atoms with Crippen molar-refractivity contribution in [2.45, 2.75) is 25.1 Å². The van der Waals surface area contributed by atoms with E-state index in [0.29, 0.717) is 6.54 Å². The Labute approximate surface area is 212 Å². The van der Waals surface area contributed by atoms with E-state index in [1.807, 2.05) is 24.3 Å². The largest absolute Gasteiger partial charge is 0.391 e. The zero-order valence-electron chi connectivity index (χ0n) is 20.6. The highest BCUT2D eigenvalue weighted by atomic mass is 16.3. The minimum absolute atomic E-state index is 0.155. The van der Waals surface area contributed by atoms with E-state index in [4.69, 9.17) is 6.42 Å². The van der Waals surface area contributed by atoms with Crippen LogP contribution in [0.2, 0.25) is 0 Å². The maximum Gasteiger partial charge on any atom is 0.318 e. The first kappa shape index (κ1) is 26.5. The first-order chi connectivity index (χ1) is 17.3. The summed E-state index contributed by atoms with van der Waals surface area (Å²) < 4.78 is 0. The van der Waals surface area contributed by atoms with Crippen molar-refractivity contribution < 1.29 is 14.7 Å². The van der Waals surface area contributed by atoms with Gasteiger partial charge in [0, 0.05) is 24.3 Å². The number of hydrogen-bond acceptors (Lipinski definition) is 5. The Morgan fingerprint density at radius 2 is 1.81 bits per heavy atom. The molecule has 1 heterocycles. The van der Waals surface area contributed by atoms with Crippen molar-refractivity contribution >= 4 is 18.1 Å². The molecule has 0 unspecified atom stereocenters. The molecular weight excluding hydrogens is 452 g/mol. The molecular formula is C29H32N4O3. The predicted octanol–water partition coefficient (Wildman–Crippen LogP) is 3.52. The van der Waals surface area contributed by atoms with Gasteiger partial charge in [0.25, 0.3) is 0 Å². The molecule has 1 saturated heterocycles. The van der Waals surface area contributed by atoms with Gasteiger partial charge in [-0.1, -0.05) is 54.5 Å². The summed E-state index contributed by atoms with van der Waals surface area (Å²) >= 11 is 0. The lowest BCUT2D eigenvalue weighted by Gasteiger charge is -2.27. The summed E-state index contributed by atoms with van der Waals surface area (Å²) in [7, 11) is 4.19. The van der Waals surface area contributed by atoms with Crippen LogP contribution >= 0.6 is 0 Å². The number of amides is 3. The summed E-state index contributed by atoms with van der Waals surface area (Å²) in [5.74, 6) is 2.66. The molecule has 186 valence electrons. The Morgan fingerprint density at radius 3 is 2.36 bits per heavy atom. The normalized spacial score (nSPS) is 16.6. The van der Waals surface area contributed by atoms with E-state index in [-0.39, 0.29) is 18.6 Å². The van der Waals surface area contributed by atoms with E-state index in [1.165, 1.54) is 22.3 Å². The van der Waals surface area contributed by atoms with Crippen molar-refractivity contribution in [1.82, 2.24) is 10.2 Å². The van der Waals surface area contributed by atoms with Gasteiger partial charge in [0.2, 0.25) is 6.41 Å². The first-order valence-corrected chi connectivity index (χ1v) is 11.7. The lowest BCUT2D eigenvalue weighted by Crippen LogP contribution is -2.27. The van der Waals surface area contributed by atoms with Crippen LogP contribution in [0.15, 0.2) is 72.8 Å². The van der Waals surface area contributed by atoms with Crippen molar-refractivity contribution in [1.29, 1.82) is 0 Å². The number of anilines is 1. The molecule has 3 amide bonds. The molecule has 36 heavy (non-hydrogen) atoms. The van der Waals surface area contributed by atoms with Crippen molar-refractivity contribution in [3.8, 4) is 23.5 Å². The monoisotopic (exact) mass is 484 g/mol. The van der Waals surface area contributed by atoms with E-state index in [0.717, 1.165) is 24.2 Å². The highest BCUT2D eigenvalue weighted by molar-refractivity contribution is 5.82. The van der Waals surface area contributed by atoms with Gasteiger partial charge in [0.1, 0.15) is 0 Å². The zero-order chi connectivity index (χ0) is 26.1. The van der Waals surface area contributed by atoms with Crippen molar-refractivity contribution in [2.24, 2.45) is 5.73 Å². The van der Waals surface area contributed by atoms with E-state index >= 15 is 0 Å². The topological polar surface area (TPSA) is 98.9 Å². The van der Waals surface area contributed by atoms with Crippen LogP contribution in [0.5, 0.6) is 0 Å². The molecule has 1 aliphatic heterocycles. The van der Waals surface area contributed by atoms with Gasteiger partial charge in [-0.15, -0.1) is 6.42 Å². The average molecular weight is 485 g/mol. The van der Waals surface area contributed by atoms with Crippen molar-refractivity contribution in [2.75, 3.05) is 25.5 Å². The molecule has 7 nitrogen and oxygen atoms in total. The molecule has 0 spiro atoms. The van der Waals surface area contributed by atoms with Crippen LogP contribution < -0.4 is 16.0 Å². The first-order valence-electron chi connectivity index (χ1n) is 11.7. The van der Waals surface area contributed by atoms with E-state index < -0.39 is 6.03 Å². The number of carbonyl (C=O) groups is 2. The van der Waals surface area contributed by atoms with Gasteiger partial charge >= 0.3 is 6.03 Å². The van der Waals surface area contributed by atoms with Crippen LogP contribution in [0.4, 0.5) is 10.5 Å². The van der Waals surface area contributed by atoms with Crippen LogP contribution in [0.1, 0.15) is 29.2 Å². The van der Waals surface area contributed by atoms with Gasteiger partial charge in [-0.2, -0.15) is 0 Å². The molecule has 0 aromatic heterocycles. The molecule has 0 bridgehead atoms. The van der Waals surface area contributed by atoms with Crippen molar-refractivity contribution in [3.05, 3.63) is 89.5 Å². The summed E-state index contributed by atoms with van der Waals surface area (Å²) in [5.41, 5.74) is 11.4. The van der Waals surface area contributed by atoms with Gasteiger partial charge in [0.15, 0.2) is 0 Å². The number of nitrogens with one attached hydrogen (secondary N) is 1. The lowest BCUT2D eigenvalue weighted by atomic mass is 9.96. The number of nitrogens with zero attached hydrogens (tertiary/aromatic N) is 2. The molecule has 3 aromatic rings. The summed E-state index contributed by atoms with van der Waals surface area (Å²) in [6.07, 6.45) is 6.11. The van der Waals surface area contributed by atoms with Gasteiger partial charge in [0.05, 0.1) is 12.1 Å². The third-order valence-electron chi connectivity index (χ3n) is 5.96. The SMILES string of the molecule is C#Cc1ccc(N2C[C@H](O)C[C@@H]2c2ccc(-c3ccccc3CN(C)C)cc2)cc1.NC(=O)NC=O. The Balaban J connectivity index is 0.000000538. The van der Waals surface area contributed by atoms with E-state index in [2.05, 4.69) is 84.1 Å². The zero-order valence-corrected chi connectivity index (χ0v) is 20.6. The van der Waals surface area contributed by atoms with Crippen LogP contribution in [0.3, 0.4) is 0 Å². The minimum atomic E-state index is -0.829. The summed E-state index contributed by atoms with van der Waals surface area (Å²) in [5, 5.41) is 12.0. The maximum absolute atomic E-state index is 10.4. The second-order valence-corrected chi connectivity index (χ2v) is 8.89. The number of primary amides is 1. The quantitative estimate of drug-likeness (QED) is 0.367. The Hall–Kier alpha value is -4.12. The second kappa shape index (κ2) is 12.5. The number of aliphatic hydroxyl groups is 1. The average Bonchev–Trinajstić information content (AvgIpc) is 3.26. The van der Waals surface area contributed by atoms with Crippen LogP contribution in [-0.2, 0) is 11.3 Å². The van der Waals surface area contributed by atoms with Gasteiger partial charge in [-0.3, -0.25) is 10.1 Å². The predicted molar refractivity (Wildman–Crippen MR) is 143 cm³/mol. The van der Waals surface area contributed by atoms with Gasteiger partial charge < -0.3 is 20.6 Å². The summed E-state index contributed by atoms with van der Waals surface area (Å²) in [6.45, 7) is 1.54. The number of hydrogen-bond donors (Lipinski definition) is 3. The Morgan fingerprint density at radius 1 is 1.14 bits per heavy atom. The molecule has 4 rings (SSSR count). The fourth-order valence-electron chi connectivity index (χ4n) is 4.39. The van der Waals surface area contributed by atoms with Crippen LogP contribution in [0.25, 0.3) is 11.1 Å². The summed E-state index contributed by atoms with van der Waals surface area (Å²) in [6, 6.07) is 24.7. The highest BCUT2D eigenvalue weighted by Gasteiger charge is 2.32. The van der Waals surface area contributed by atoms with E-state index in [9.17, 15) is 14.7 Å². The number of nitrogens with two attached hydrogens (primary N) is 1. The number of imide groups is 1. The molecule has 7 heteroatoms. The highest BCUT2D eigenvalue weighted by Crippen LogP contribution is 2.37. The van der Waals surface area contributed by atoms with E-state index in [1.54, 1.807) is 5.32 Å². The van der Waals surface area contributed by atoms with Gasteiger partial charge in [-0.25, -0.2) is 4.79 Å². The second-order valence-electron chi connectivity index (χ2n) is 8.89. The molecule has 1 aliphatic rings. The number of urea groups is 1. The fourth-order valence-corrected chi connectivity index (χ4v) is 4.39. The summed E-state index contributed by atoms with van der Waals surface area (Å²) in [4.78, 5) is 23.2. The standard InChI is InChI=1S/C27H28N2O.C2H4N2O2/c1-4-20-9-15-24(16-10-20)29-19-25(30)17-27(29)22-13-11-21(12-14-22)26-8-6-5-7-23(26)18-28(2)3;3-2(6)4-1-5/h1,5-16,25,27,30H,17-19H2,2-3H3;1H,(H3,3,4,5,6)/t25-,27-;/m1./s1. The maximum atomic E-state index is 10.4. The number of terminal acetylenes is 1. The minimum Gasteiger partial charge on any atom is -0.391 e. The molecule has 3 aromatic carbocycles. The van der Waals surface area contributed by atoms with Crippen LogP contribution in [0, 0.1) is 12.3 Å². The molecule has 4 N–H and O–H groups in total. The van der Waals surface area contributed by atoms with Crippen molar-refractivity contribution in [3.63, 3.8) is 0 Å². The molecule has 0 saturated carbocycles. The lowest BCUT2D eigenvalue weighted by molar-refractivity contribution is -0.108. The third-order valence-corrected chi connectivity index (χ3v) is 5.96. The van der Waals surface area contributed by atoms with Gasteiger partial charge in [-0.05, 0) is 67.0 Å². The molecule has 0 radical (unpaired) electrons. The third kappa shape index (κ3) is 6.95.